The predicted molar refractivity (Wildman–Crippen MR) is 152 cm³/mol. The second-order valence-electron chi connectivity index (χ2n) is 11.0. The lowest BCUT2D eigenvalue weighted by molar-refractivity contribution is 0.194. The Bertz CT molecular complexity index is 1020. The smallest absolute Gasteiger partial charge is 0.404 e. The summed E-state index contributed by atoms with van der Waals surface area (Å²) in [5.74, 6) is 1.41. The van der Waals surface area contributed by atoms with E-state index in [1.54, 1.807) is 6.20 Å². The third-order valence-corrected chi connectivity index (χ3v) is 8.14. The summed E-state index contributed by atoms with van der Waals surface area (Å²) in [6.07, 6.45) is 19.0. The SMILES string of the molecule is Cn1ncc(-c2nc(N[C@H]3CC[C@H](NCCCCCCCCCNC(=O)O)CC3)ncc2Cl)c1CC1CC1. The number of carboxylic acid groups (broad SMARTS) is 1. The van der Waals surface area contributed by atoms with Gasteiger partial charge in [-0.2, -0.15) is 5.10 Å². The van der Waals surface area contributed by atoms with Crippen molar-refractivity contribution in [3.05, 3.63) is 23.1 Å². The van der Waals surface area contributed by atoms with Crippen molar-refractivity contribution in [3.8, 4) is 11.3 Å². The second kappa shape index (κ2) is 14.7. The van der Waals surface area contributed by atoms with E-state index in [1.165, 1.54) is 50.6 Å². The fourth-order valence-corrected chi connectivity index (χ4v) is 5.58. The number of amides is 1. The normalized spacial score (nSPS) is 19.4. The molecule has 0 aliphatic heterocycles. The van der Waals surface area contributed by atoms with Gasteiger partial charge in [0.25, 0.3) is 0 Å². The van der Waals surface area contributed by atoms with Crippen LogP contribution in [0.15, 0.2) is 12.4 Å². The maximum atomic E-state index is 10.4. The first-order chi connectivity index (χ1) is 18.5. The summed E-state index contributed by atoms with van der Waals surface area (Å²) in [7, 11) is 2.00. The van der Waals surface area contributed by atoms with Gasteiger partial charge in [-0.15, -0.1) is 0 Å². The minimum absolute atomic E-state index is 0.382. The van der Waals surface area contributed by atoms with E-state index in [1.807, 2.05) is 17.9 Å². The average molecular weight is 546 g/mol. The number of halogens is 1. The molecule has 38 heavy (non-hydrogen) atoms. The molecule has 0 bridgehead atoms. The summed E-state index contributed by atoms with van der Waals surface area (Å²) in [6.45, 7) is 1.65. The van der Waals surface area contributed by atoms with Crippen LogP contribution < -0.4 is 16.0 Å². The molecular weight excluding hydrogens is 502 g/mol. The summed E-state index contributed by atoms with van der Waals surface area (Å²) in [6, 6.07) is 0.976. The van der Waals surface area contributed by atoms with Crippen molar-refractivity contribution in [2.75, 3.05) is 18.4 Å². The van der Waals surface area contributed by atoms with Crippen molar-refractivity contribution < 1.29 is 9.90 Å². The van der Waals surface area contributed by atoms with Gasteiger partial charge in [0.1, 0.15) is 0 Å². The zero-order chi connectivity index (χ0) is 26.7. The monoisotopic (exact) mass is 545 g/mol. The third-order valence-electron chi connectivity index (χ3n) is 7.86. The molecule has 0 saturated heterocycles. The van der Waals surface area contributed by atoms with Crippen LogP contribution >= 0.6 is 11.6 Å². The molecule has 0 spiro atoms. The Balaban J connectivity index is 1.11. The Morgan fingerprint density at radius 1 is 0.974 bits per heavy atom. The number of hydrogen-bond acceptors (Lipinski definition) is 6. The van der Waals surface area contributed by atoms with E-state index >= 15 is 0 Å². The first kappa shape index (κ1) is 28.6. The maximum Gasteiger partial charge on any atom is 0.404 e. The Hall–Kier alpha value is -2.39. The fourth-order valence-electron chi connectivity index (χ4n) is 5.38. The Morgan fingerprint density at radius 2 is 1.63 bits per heavy atom. The Labute approximate surface area is 231 Å². The first-order valence-electron chi connectivity index (χ1n) is 14.5. The number of rotatable bonds is 16. The predicted octanol–water partition coefficient (Wildman–Crippen LogP) is 5.79. The molecule has 2 aliphatic rings. The van der Waals surface area contributed by atoms with E-state index in [-0.39, 0.29) is 0 Å². The molecule has 2 heterocycles. The van der Waals surface area contributed by atoms with Gasteiger partial charge >= 0.3 is 6.09 Å². The van der Waals surface area contributed by atoms with Crippen molar-refractivity contribution >= 4 is 23.6 Å². The zero-order valence-corrected chi connectivity index (χ0v) is 23.5. The summed E-state index contributed by atoms with van der Waals surface area (Å²) in [4.78, 5) is 19.7. The van der Waals surface area contributed by atoms with E-state index < -0.39 is 6.09 Å². The van der Waals surface area contributed by atoms with Gasteiger partial charge in [-0.25, -0.2) is 14.8 Å². The number of anilines is 1. The van der Waals surface area contributed by atoms with Crippen LogP contribution in [0.5, 0.6) is 0 Å². The second-order valence-corrected chi connectivity index (χ2v) is 11.4. The van der Waals surface area contributed by atoms with E-state index in [4.69, 9.17) is 21.7 Å². The average Bonchev–Trinajstić information content (AvgIpc) is 3.66. The Kier molecular flexibility index (Phi) is 11.1. The minimum Gasteiger partial charge on any atom is -0.465 e. The first-order valence-corrected chi connectivity index (χ1v) is 14.9. The van der Waals surface area contributed by atoms with Crippen LogP contribution in [-0.4, -0.2) is 56.1 Å². The lowest BCUT2D eigenvalue weighted by Gasteiger charge is -2.30. The van der Waals surface area contributed by atoms with Crippen molar-refractivity contribution in [2.45, 2.75) is 102 Å². The van der Waals surface area contributed by atoms with E-state index in [2.05, 4.69) is 26.0 Å². The molecule has 4 N–H and O–H groups in total. The highest BCUT2D eigenvalue weighted by Crippen LogP contribution is 2.37. The van der Waals surface area contributed by atoms with Gasteiger partial charge in [0, 0.05) is 36.9 Å². The van der Waals surface area contributed by atoms with Gasteiger partial charge in [-0.1, -0.05) is 43.7 Å². The highest BCUT2D eigenvalue weighted by molar-refractivity contribution is 6.32. The van der Waals surface area contributed by atoms with E-state index in [0.29, 0.717) is 29.6 Å². The van der Waals surface area contributed by atoms with Crippen molar-refractivity contribution in [3.63, 3.8) is 0 Å². The molecule has 2 aromatic rings. The summed E-state index contributed by atoms with van der Waals surface area (Å²) < 4.78 is 1.96. The molecule has 1 amide bonds. The molecule has 9 nitrogen and oxygen atoms in total. The van der Waals surface area contributed by atoms with Crippen molar-refractivity contribution in [1.29, 1.82) is 0 Å². The van der Waals surface area contributed by atoms with Crippen LogP contribution in [0.2, 0.25) is 5.02 Å². The number of nitrogens with zero attached hydrogens (tertiary/aromatic N) is 4. The van der Waals surface area contributed by atoms with Gasteiger partial charge in [0.05, 0.1) is 23.1 Å². The van der Waals surface area contributed by atoms with Gasteiger partial charge < -0.3 is 21.1 Å². The molecule has 2 fully saturated rings. The molecule has 2 aromatic heterocycles. The number of unbranched alkanes of at least 4 members (excludes halogenated alkanes) is 6. The molecule has 2 saturated carbocycles. The molecule has 0 radical (unpaired) electrons. The van der Waals surface area contributed by atoms with Crippen LogP contribution in [0, 0.1) is 5.92 Å². The molecule has 0 unspecified atom stereocenters. The number of carbonyl (C=O) groups is 1. The molecule has 2 aliphatic carbocycles. The quantitative estimate of drug-likeness (QED) is 0.197. The van der Waals surface area contributed by atoms with Crippen LogP contribution in [0.1, 0.15) is 89.2 Å². The van der Waals surface area contributed by atoms with Gasteiger partial charge in [0.2, 0.25) is 5.95 Å². The van der Waals surface area contributed by atoms with Crippen LogP contribution in [0.25, 0.3) is 11.3 Å². The minimum atomic E-state index is -0.925. The summed E-state index contributed by atoms with van der Waals surface area (Å²) in [5.41, 5.74) is 3.01. The largest absolute Gasteiger partial charge is 0.465 e. The zero-order valence-electron chi connectivity index (χ0n) is 22.7. The number of nitrogens with one attached hydrogen (secondary N) is 3. The molecule has 4 rings (SSSR count). The van der Waals surface area contributed by atoms with E-state index in [9.17, 15) is 4.79 Å². The fraction of sp³-hybridized carbons (Fsp3) is 0.714. The van der Waals surface area contributed by atoms with Crippen LogP contribution in [-0.2, 0) is 13.5 Å². The lowest BCUT2D eigenvalue weighted by Crippen LogP contribution is -2.37. The Morgan fingerprint density at radius 3 is 2.32 bits per heavy atom. The number of hydrogen-bond donors (Lipinski definition) is 4. The molecule has 10 heteroatoms. The van der Waals surface area contributed by atoms with E-state index in [0.717, 1.165) is 68.7 Å². The van der Waals surface area contributed by atoms with Gasteiger partial charge in [0.15, 0.2) is 0 Å². The third kappa shape index (κ3) is 9.12. The van der Waals surface area contributed by atoms with Crippen molar-refractivity contribution in [1.82, 2.24) is 30.4 Å². The highest BCUT2D eigenvalue weighted by atomic mass is 35.5. The number of aromatic nitrogens is 4. The van der Waals surface area contributed by atoms with Crippen molar-refractivity contribution in [2.24, 2.45) is 13.0 Å². The molecule has 0 atom stereocenters. The molecule has 210 valence electrons. The summed E-state index contributed by atoms with van der Waals surface area (Å²) >= 11 is 6.53. The molecule has 0 aromatic carbocycles. The topological polar surface area (TPSA) is 117 Å². The van der Waals surface area contributed by atoms with Gasteiger partial charge in [-0.05, 0) is 70.3 Å². The lowest BCUT2D eigenvalue weighted by atomic mass is 9.91. The maximum absolute atomic E-state index is 10.4. The number of aryl methyl sites for hydroxylation is 1. The van der Waals surface area contributed by atoms with Gasteiger partial charge in [-0.3, -0.25) is 4.68 Å². The van der Waals surface area contributed by atoms with Crippen LogP contribution in [0.4, 0.5) is 10.7 Å². The highest BCUT2D eigenvalue weighted by Gasteiger charge is 2.26. The summed E-state index contributed by atoms with van der Waals surface area (Å²) in [5, 5.41) is 23.3. The molecular formula is C28H44ClN7O2. The standard InChI is InChI=1S/C28H44ClN7O2/c1-36-25(17-20-9-10-20)23(18-33-36)26-24(29)19-32-27(35-26)34-22-13-11-21(12-14-22)30-15-7-5-3-2-4-6-8-16-31-28(37)38/h18-22,30-31H,2-17H2,1H3,(H,37,38)(H,32,34,35)/t21-,22-. The van der Waals surface area contributed by atoms with Crippen LogP contribution in [0.3, 0.4) is 0 Å².